The monoisotopic (exact) mass is 238 g/mol. The molecule has 2 rings (SSSR count). The van der Waals surface area contributed by atoms with E-state index in [9.17, 15) is 5.11 Å². The normalized spacial score (nSPS) is 26.8. The molecule has 1 spiro atoms. The van der Waals surface area contributed by atoms with Gasteiger partial charge in [0.2, 0.25) is 0 Å². The Labute approximate surface area is 107 Å². The lowest BCUT2D eigenvalue weighted by Crippen LogP contribution is -2.38. The molecular formula is C16H30O. The van der Waals surface area contributed by atoms with Gasteiger partial charge in [0, 0.05) is 0 Å². The number of aliphatic hydroxyl groups is 1. The molecular weight excluding hydrogens is 208 g/mol. The van der Waals surface area contributed by atoms with Gasteiger partial charge in [0.1, 0.15) is 0 Å². The van der Waals surface area contributed by atoms with Crippen LogP contribution in [-0.2, 0) is 0 Å². The van der Waals surface area contributed by atoms with Gasteiger partial charge in [-0.05, 0) is 56.3 Å². The first-order valence-corrected chi connectivity index (χ1v) is 7.76. The first-order valence-electron chi connectivity index (χ1n) is 7.76. The molecule has 17 heavy (non-hydrogen) atoms. The maximum Gasteiger partial charge on any atom is 0.0648 e. The Morgan fingerprint density at radius 2 is 1.53 bits per heavy atom. The highest BCUT2D eigenvalue weighted by Gasteiger charge is 2.42. The van der Waals surface area contributed by atoms with Gasteiger partial charge in [-0.3, -0.25) is 0 Å². The van der Waals surface area contributed by atoms with E-state index >= 15 is 0 Å². The molecule has 0 aromatic rings. The van der Waals surface area contributed by atoms with Crippen molar-refractivity contribution in [3.05, 3.63) is 0 Å². The highest BCUT2D eigenvalue weighted by molar-refractivity contribution is 4.95. The van der Waals surface area contributed by atoms with Gasteiger partial charge in [-0.1, -0.05) is 39.5 Å². The van der Waals surface area contributed by atoms with Crippen molar-refractivity contribution in [2.75, 3.05) is 0 Å². The lowest BCUT2D eigenvalue weighted by Gasteiger charge is -2.42. The summed E-state index contributed by atoms with van der Waals surface area (Å²) in [7, 11) is 0. The topological polar surface area (TPSA) is 20.2 Å². The van der Waals surface area contributed by atoms with Crippen LogP contribution in [0, 0.1) is 11.3 Å². The predicted octanol–water partition coefficient (Wildman–Crippen LogP) is 4.68. The van der Waals surface area contributed by atoms with E-state index < -0.39 is 0 Å². The van der Waals surface area contributed by atoms with Crippen LogP contribution in [0.2, 0.25) is 0 Å². The van der Waals surface area contributed by atoms with Crippen molar-refractivity contribution >= 4 is 0 Å². The van der Waals surface area contributed by atoms with E-state index in [0.29, 0.717) is 5.41 Å². The van der Waals surface area contributed by atoms with Crippen molar-refractivity contribution in [3.8, 4) is 0 Å². The molecule has 0 unspecified atom stereocenters. The third kappa shape index (κ3) is 3.47. The summed E-state index contributed by atoms with van der Waals surface area (Å²) in [5.41, 5.74) is 0.354. The standard InChI is InChI=1S/C16H30O/c1-14(2)6-5-9-16(17)12-10-15(11-13-16)7-3-4-8-15/h14,17H,3-13H2,1-2H3. The fourth-order valence-electron chi connectivity index (χ4n) is 3.96. The minimum absolute atomic E-state index is 0.303. The van der Waals surface area contributed by atoms with Gasteiger partial charge in [-0.2, -0.15) is 0 Å². The molecule has 0 bridgehead atoms. The Morgan fingerprint density at radius 1 is 0.941 bits per heavy atom. The molecule has 0 aromatic carbocycles. The van der Waals surface area contributed by atoms with Gasteiger partial charge in [0.25, 0.3) is 0 Å². The largest absolute Gasteiger partial charge is 0.390 e. The van der Waals surface area contributed by atoms with Crippen LogP contribution >= 0.6 is 0 Å². The molecule has 0 heterocycles. The Kier molecular flexibility index (Phi) is 4.18. The van der Waals surface area contributed by atoms with Crippen LogP contribution in [0.4, 0.5) is 0 Å². The maximum absolute atomic E-state index is 10.6. The van der Waals surface area contributed by atoms with Crippen molar-refractivity contribution in [2.45, 2.75) is 90.1 Å². The average Bonchev–Trinajstić information content (AvgIpc) is 2.72. The summed E-state index contributed by atoms with van der Waals surface area (Å²) in [6, 6.07) is 0. The summed E-state index contributed by atoms with van der Waals surface area (Å²) in [5, 5.41) is 10.6. The smallest absolute Gasteiger partial charge is 0.0648 e. The summed E-state index contributed by atoms with van der Waals surface area (Å²) >= 11 is 0. The van der Waals surface area contributed by atoms with Crippen LogP contribution in [0.3, 0.4) is 0 Å². The highest BCUT2D eigenvalue weighted by Crippen LogP contribution is 2.52. The first-order chi connectivity index (χ1) is 8.04. The Hall–Kier alpha value is -0.0400. The molecule has 0 radical (unpaired) electrons. The van der Waals surface area contributed by atoms with Gasteiger partial charge >= 0.3 is 0 Å². The van der Waals surface area contributed by atoms with Gasteiger partial charge in [-0.25, -0.2) is 0 Å². The minimum atomic E-state index is -0.303. The summed E-state index contributed by atoms with van der Waals surface area (Å²) in [4.78, 5) is 0. The minimum Gasteiger partial charge on any atom is -0.390 e. The molecule has 0 saturated heterocycles. The first kappa shape index (κ1) is 13.4. The molecule has 100 valence electrons. The highest BCUT2D eigenvalue weighted by atomic mass is 16.3. The van der Waals surface area contributed by atoms with E-state index in [2.05, 4.69) is 13.8 Å². The SMILES string of the molecule is CC(C)CCCC1(O)CCC2(CCCC2)CC1. The van der Waals surface area contributed by atoms with Crippen molar-refractivity contribution < 1.29 is 5.11 Å². The summed E-state index contributed by atoms with van der Waals surface area (Å²) in [6.45, 7) is 4.55. The van der Waals surface area contributed by atoms with Crippen molar-refractivity contribution in [1.29, 1.82) is 0 Å². The summed E-state index contributed by atoms with van der Waals surface area (Å²) in [5.74, 6) is 0.781. The van der Waals surface area contributed by atoms with Crippen LogP contribution in [-0.4, -0.2) is 10.7 Å². The van der Waals surface area contributed by atoms with Crippen LogP contribution in [0.25, 0.3) is 0 Å². The summed E-state index contributed by atoms with van der Waals surface area (Å²) < 4.78 is 0. The molecule has 0 aromatic heterocycles. The Balaban J connectivity index is 1.76. The van der Waals surface area contributed by atoms with Gasteiger partial charge in [0.05, 0.1) is 5.60 Å². The van der Waals surface area contributed by atoms with E-state index in [1.165, 1.54) is 51.4 Å². The fraction of sp³-hybridized carbons (Fsp3) is 1.00. The second kappa shape index (κ2) is 5.30. The quantitative estimate of drug-likeness (QED) is 0.754. The Bertz CT molecular complexity index is 228. The Morgan fingerprint density at radius 3 is 2.06 bits per heavy atom. The van der Waals surface area contributed by atoms with Gasteiger partial charge in [0.15, 0.2) is 0 Å². The number of hydrogen-bond donors (Lipinski definition) is 1. The molecule has 2 fully saturated rings. The van der Waals surface area contributed by atoms with E-state index in [4.69, 9.17) is 0 Å². The molecule has 1 N–H and O–H groups in total. The van der Waals surface area contributed by atoms with Gasteiger partial charge < -0.3 is 5.11 Å². The fourth-order valence-corrected chi connectivity index (χ4v) is 3.96. The lowest BCUT2D eigenvalue weighted by atomic mass is 9.66. The molecule has 0 amide bonds. The second-order valence-electron chi connectivity index (χ2n) is 7.22. The zero-order chi connectivity index (χ0) is 12.4. The van der Waals surface area contributed by atoms with Crippen molar-refractivity contribution in [2.24, 2.45) is 11.3 Å². The molecule has 2 aliphatic rings. The third-order valence-corrected chi connectivity index (χ3v) is 5.33. The van der Waals surface area contributed by atoms with E-state index in [1.807, 2.05) is 0 Å². The van der Waals surface area contributed by atoms with Crippen LogP contribution in [0.5, 0.6) is 0 Å². The molecule has 0 aliphatic heterocycles. The second-order valence-corrected chi connectivity index (χ2v) is 7.22. The predicted molar refractivity (Wildman–Crippen MR) is 73.0 cm³/mol. The van der Waals surface area contributed by atoms with E-state index in [0.717, 1.165) is 25.2 Å². The zero-order valence-electron chi connectivity index (χ0n) is 11.8. The van der Waals surface area contributed by atoms with Crippen LogP contribution < -0.4 is 0 Å². The third-order valence-electron chi connectivity index (χ3n) is 5.33. The lowest BCUT2D eigenvalue weighted by molar-refractivity contribution is -0.0407. The molecule has 2 aliphatic carbocycles. The van der Waals surface area contributed by atoms with Crippen LogP contribution in [0.15, 0.2) is 0 Å². The number of rotatable bonds is 4. The zero-order valence-corrected chi connectivity index (χ0v) is 11.8. The van der Waals surface area contributed by atoms with Crippen LogP contribution in [0.1, 0.15) is 84.5 Å². The average molecular weight is 238 g/mol. The molecule has 2 saturated carbocycles. The van der Waals surface area contributed by atoms with Crippen molar-refractivity contribution in [1.82, 2.24) is 0 Å². The summed E-state index contributed by atoms with van der Waals surface area (Å²) in [6.07, 6.45) is 14.0. The van der Waals surface area contributed by atoms with E-state index in [-0.39, 0.29) is 5.60 Å². The molecule has 1 nitrogen and oxygen atoms in total. The van der Waals surface area contributed by atoms with Crippen molar-refractivity contribution in [3.63, 3.8) is 0 Å². The maximum atomic E-state index is 10.6. The molecule has 0 atom stereocenters. The molecule has 1 heteroatoms. The van der Waals surface area contributed by atoms with Gasteiger partial charge in [-0.15, -0.1) is 0 Å². The van der Waals surface area contributed by atoms with E-state index in [1.54, 1.807) is 0 Å². The number of hydrogen-bond acceptors (Lipinski definition) is 1.